The van der Waals surface area contributed by atoms with E-state index in [2.05, 4.69) is 12.2 Å². The van der Waals surface area contributed by atoms with Gasteiger partial charge in [0.05, 0.1) is 5.92 Å². The Bertz CT molecular complexity index is 349. The molecule has 1 aliphatic heterocycles. The molecular formula is C17H30N2O2. The summed E-state index contributed by atoms with van der Waals surface area (Å²) in [5.41, 5.74) is 0. The Kier molecular flexibility index (Phi) is 6.52. The van der Waals surface area contributed by atoms with Crippen LogP contribution in [0, 0.1) is 5.92 Å². The summed E-state index contributed by atoms with van der Waals surface area (Å²) < 4.78 is 0. The van der Waals surface area contributed by atoms with Crippen molar-refractivity contribution in [1.82, 2.24) is 10.2 Å². The summed E-state index contributed by atoms with van der Waals surface area (Å²) in [6, 6.07) is 0.331. The van der Waals surface area contributed by atoms with Crippen molar-refractivity contribution in [2.45, 2.75) is 77.2 Å². The van der Waals surface area contributed by atoms with Gasteiger partial charge in [-0.2, -0.15) is 0 Å². The lowest BCUT2D eigenvalue weighted by atomic mass is 9.96. The molecule has 0 aromatic rings. The smallest absolute Gasteiger partial charge is 0.225 e. The highest BCUT2D eigenvalue weighted by molar-refractivity contribution is 5.89. The number of likely N-dealkylation sites (tertiary alicyclic amines) is 1. The number of hydrogen-bond donors (Lipinski definition) is 1. The van der Waals surface area contributed by atoms with Crippen molar-refractivity contribution in [3.63, 3.8) is 0 Å². The minimum absolute atomic E-state index is 0.105. The van der Waals surface area contributed by atoms with Crippen LogP contribution in [0.5, 0.6) is 0 Å². The van der Waals surface area contributed by atoms with Gasteiger partial charge < -0.3 is 10.2 Å². The highest BCUT2D eigenvalue weighted by Gasteiger charge is 2.34. The second kappa shape index (κ2) is 8.40. The fourth-order valence-corrected chi connectivity index (χ4v) is 3.43. The van der Waals surface area contributed by atoms with Gasteiger partial charge in [0.1, 0.15) is 0 Å². The van der Waals surface area contributed by atoms with Crippen molar-refractivity contribution in [2.75, 3.05) is 13.1 Å². The zero-order valence-corrected chi connectivity index (χ0v) is 13.4. The number of unbranched alkanes of at least 4 members (excludes halogenated alkanes) is 1. The molecule has 120 valence electrons. The van der Waals surface area contributed by atoms with Gasteiger partial charge in [-0.15, -0.1) is 0 Å². The molecule has 0 unspecified atom stereocenters. The maximum Gasteiger partial charge on any atom is 0.225 e. The number of rotatable bonds is 5. The van der Waals surface area contributed by atoms with Crippen molar-refractivity contribution in [3.05, 3.63) is 0 Å². The van der Waals surface area contributed by atoms with Gasteiger partial charge in [-0.3, -0.25) is 9.59 Å². The quantitative estimate of drug-likeness (QED) is 0.847. The van der Waals surface area contributed by atoms with Crippen molar-refractivity contribution >= 4 is 11.8 Å². The monoisotopic (exact) mass is 294 g/mol. The first kappa shape index (κ1) is 16.3. The summed E-state index contributed by atoms with van der Waals surface area (Å²) >= 11 is 0. The molecule has 1 N–H and O–H groups in total. The van der Waals surface area contributed by atoms with Crippen LogP contribution in [-0.4, -0.2) is 35.8 Å². The fraction of sp³-hybridized carbons (Fsp3) is 0.882. The largest absolute Gasteiger partial charge is 0.353 e. The van der Waals surface area contributed by atoms with E-state index in [9.17, 15) is 9.59 Å². The van der Waals surface area contributed by atoms with Crippen molar-refractivity contribution in [2.24, 2.45) is 5.92 Å². The van der Waals surface area contributed by atoms with Crippen LogP contribution in [0.25, 0.3) is 0 Å². The lowest BCUT2D eigenvalue weighted by Gasteiger charge is -2.23. The van der Waals surface area contributed by atoms with Crippen LogP contribution in [0.2, 0.25) is 0 Å². The van der Waals surface area contributed by atoms with Crippen LogP contribution in [-0.2, 0) is 9.59 Å². The van der Waals surface area contributed by atoms with E-state index in [1.54, 1.807) is 0 Å². The molecule has 2 rings (SSSR count). The number of amides is 2. The molecule has 1 atom stereocenters. The average Bonchev–Trinajstić information content (AvgIpc) is 2.80. The standard InChI is InChI=1S/C17H30N2O2/c1-2-3-11-19-13-14(12-16(19)20)17(21)18-15-9-7-5-4-6-8-10-15/h14-15H,2-13H2,1H3,(H,18,21)/t14-/m1/s1. The predicted octanol–water partition coefficient (Wildman–Crippen LogP) is 2.86. The normalized spacial score (nSPS) is 24.7. The van der Waals surface area contributed by atoms with Crippen LogP contribution >= 0.6 is 0 Å². The van der Waals surface area contributed by atoms with Gasteiger partial charge >= 0.3 is 0 Å². The predicted molar refractivity (Wildman–Crippen MR) is 83.8 cm³/mol. The molecule has 2 amide bonds. The van der Waals surface area contributed by atoms with E-state index in [0.29, 0.717) is 19.0 Å². The number of carbonyl (C=O) groups excluding carboxylic acids is 2. The first-order valence-corrected chi connectivity index (χ1v) is 8.79. The SMILES string of the molecule is CCCCN1C[C@H](C(=O)NC2CCCCCCC2)CC1=O. The van der Waals surface area contributed by atoms with E-state index in [0.717, 1.165) is 32.2 Å². The van der Waals surface area contributed by atoms with Gasteiger partial charge in [0, 0.05) is 25.6 Å². The van der Waals surface area contributed by atoms with E-state index in [4.69, 9.17) is 0 Å². The third kappa shape index (κ3) is 5.01. The molecule has 21 heavy (non-hydrogen) atoms. The Labute approximate surface area is 128 Å². The molecule has 1 saturated heterocycles. The number of nitrogens with zero attached hydrogens (tertiary/aromatic N) is 1. The Morgan fingerprint density at radius 3 is 2.52 bits per heavy atom. The Balaban J connectivity index is 1.78. The molecular weight excluding hydrogens is 264 g/mol. The Morgan fingerprint density at radius 1 is 1.19 bits per heavy atom. The topological polar surface area (TPSA) is 49.4 Å². The number of hydrogen-bond acceptors (Lipinski definition) is 2. The lowest BCUT2D eigenvalue weighted by molar-refractivity contribution is -0.129. The summed E-state index contributed by atoms with van der Waals surface area (Å²) in [6.45, 7) is 3.55. The minimum atomic E-state index is -0.125. The third-order valence-corrected chi connectivity index (χ3v) is 4.82. The molecule has 4 nitrogen and oxygen atoms in total. The molecule has 4 heteroatoms. The Morgan fingerprint density at radius 2 is 1.86 bits per heavy atom. The molecule has 0 radical (unpaired) electrons. The molecule has 1 aliphatic carbocycles. The summed E-state index contributed by atoms with van der Waals surface area (Å²) in [5.74, 6) is 0.133. The van der Waals surface area contributed by atoms with Gasteiger partial charge in [-0.05, 0) is 19.3 Å². The minimum Gasteiger partial charge on any atom is -0.353 e. The molecule has 2 aliphatic rings. The van der Waals surface area contributed by atoms with Gasteiger partial charge in [-0.25, -0.2) is 0 Å². The van der Waals surface area contributed by atoms with Crippen LogP contribution in [0.15, 0.2) is 0 Å². The first-order valence-electron chi connectivity index (χ1n) is 8.79. The maximum absolute atomic E-state index is 12.4. The molecule has 0 aromatic heterocycles. The van der Waals surface area contributed by atoms with Crippen molar-refractivity contribution < 1.29 is 9.59 Å². The van der Waals surface area contributed by atoms with Crippen molar-refractivity contribution in [1.29, 1.82) is 0 Å². The molecule has 0 bridgehead atoms. The molecule has 1 heterocycles. The highest BCUT2D eigenvalue weighted by Crippen LogP contribution is 2.21. The average molecular weight is 294 g/mol. The summed E-state index contributed by atoms with van der Waals surface area (Å²) in [5, 5.41) is 3.21. The van der Waals surface area contributed by atoms with Crippen LogP contribution in [0.4, 0.5) is 0 Å². The van der Waals surface area contributed by atoms with Gasteiger partial charge in [0.25, 0.3) is 0 Å². The van der Waals surface area contributed by atoms with Gasteiger partial charge in [0.2, 0.25) is 11.8 Å². The summed E-state index contributed by atoms with van der Waals surface area (Å²) in [7, 11) is 0. The molecule has 1 saturated carbocycles. The van der Waals surface area contributed by atoms with E-state index in [1.165, 1.54) is 32.1 Å². The van der Waals surface area contributed by atoms with Gasteiger partial charge in [0.15, 0.2) is 0 Å². The second-order valence-electron chi connectivity index (χ2n) is 6.64. The van der Waals surface area contributed by atoms with Gasteiger partial charge in [-0.1, -0.05) is 45.4 Å². The summed E-state index contributed by atoms with van der Waals surface area (Å²) in [6.07, 6.45) is 11.1. The van der Waals surface area contributed by atoms with Crippen molar-refractivity contribution in [3.8, 4) is 0 Å². The van der Waals surface area contributed by atoms with E-state index < -0.39 is 0 Å². The van der Waals surface area contributed by atoms with Crippen LogP contribution in [0.1, 0.15) is 71.1 Å². The molecule has 2 fully saturated rings. The second-order valence-corrected chi connectivity index (χ2v) is 6.64. The zero-order valence-electron chi connectivity index (χ0n) is 13.4. The van der Waals surface area contributed by atoms with Crippen LogP contribution in [0.3, 0.4) is 0 Å². The number of nitrogens with one attached hydrogen (secondary N) is 1. The lowest BCUT2D eigenvalue weighted by Crippen LogP contribution is -2.40. The Hall–Kier alpha value is -1.06. The van der Waals surface area contributed by atoms with Crippen LogP contribution < -0.4 is 5.32 Å². The first-order chi connectivity index (χ1) is 10.2. The highest BCUT2D eigenvalue weighted by atomic mass is 16.2. The summed E-state index contributed by atoms with van der Waals surface area (Å²) in [4.78, 5) is 26.2. The van der Waals surface area contributed by atoms with E-state index in [1.807, 2.05) is 4.90 Å². The molecule has 0 spiro atoms. The van der Waals surface area contributed by atoms with E-state index >= 15 is 0 Å². The number of carbonyl (C=O) groups is 2. The third-order valence-electron chi connectivity index (χ3n) is 4.82. The zero-order chi connectivity index (χ0) is 15.1. The van der Waals surface area contributed by atoms with E-state index in [-0.39, 0.29) is 17.7 Å². The fourth-order valence-electron chi connectivity index (χ4n) is 3.43. The molecule has 0 aromatic carbocycles. The maximum atomic E-state index is 12.4.